The molecule has 1 aliphatic carbocycles. The molecule has 1 aliphatic rings. The van der Waals surface area contributed by atoms with Gasteiger partial charge in [0, 0.05) is 23.1 Å². The van der Waals surface area contributed by atoms with E-state index >= 15 is 0 Å². The Labute approximate surface area is 166 Å². The Kier molecular flexibility index (Phi) is 4.25. The van der Waals surface area contributed by atoms with Gasteiger partial charge >= 0.3 is 0 Å². The molecule has 6 heteroatoms. The molecule has 0 unspecified atom stereocenters. The number of amides is 1. The Hall–Kier alpha value is -3.25. The first kappa shape index (κ1) is 16.9. The fourth-order valence-corrected chi connectivity index (χ4v) is 3.92. The average Bonchev–Trinajstić information content (AvgIpc) is 3.32. The van der Waals surface area contributed by atoms with Crippen LogP contribution in [-0.4, -0.2) is 20.7 Å². The van der Waals surface area contributed by atoms with Gasteiger partial charge in [-0.3, -0.25) is 10.1 Å². The number of nitrogens with zero attached hydrogens (tertiary/aromatic N) is 3. The SMILES string of the molecule is O=C(Nc1nc(C2CC2)cs1)c1cn(-c2ccccc2)nc1-c1ccccc1. The second-order valence-electron chi connectivity index (χ2n) is 6.84. The van der Waals surface area contributed by atoms with Crippen LogP contribution in [0, 0.1) is 0 Å². The van der Waals surface area contributed by atoms with Crippen molar-refractivity contribution in [2.75, 3.05) is 5.32 Å². The van der Waals surface area contributed by atoms with Crippen LogP contribution in [0.2, 0.25) is 0 Å². The van der Waals surface area contributed by atoms with Crippen molar-refractivity contribution < 1.29 is 4.79 Å². The highest BCUT2D eigenvalue weighted by Gasteiger charge is 2.26. The number of thiazole rings is 1. The van der Waals surface area contributed by atoms with Crippen molar-refractivity contribution in [3.63, 3.8) is 0 Å². The molecular formula is C22H18N4OS. The lowest BCUT2D eigenvalue weighted by Crippen LogP contribution is -2.12. The lowest BCUT2D eigenvalue weighted by atomic mass is 10.1. The Morgan fingerprint density at radius 2 is 1.75 bits per heavy atom. The van der Waals surface area contributed by atoms with Crippen LogP contribution in [0.3, 0.4) is 0 Å². The highest BCUT2D eigenvalue weighted by atomic mass is 32.1. The highest BCUT2D eigenvalue weighted by molar-refractivity contribution is 7.14. The van der Waals surface area contributed by atoms with Gasteiger partial charge < -0.3 is 0 Å². The van der Waals surface area contributed by atoms with Crippen molar-refractivity contribution in [2.24, 2.45) is 0 Å². The van der Waals surface area contributed by atoms with E-state index in [1.807, 2.05) is 66.0 Å². The minimum absolute atomic E-state index is 0.197. The zero-order chi connectivity index (χ0) is 18.9. The van der Waals surface area contributed by atoms with E-state index in [2.05, 4.69) is 10.3 Å². The van der Waals surface area contributed by atoms with Gasteiger partial charge in [-0.05, 0) is 25.0 Å². The minimum Gasteiger partial charge on any atom is -0.298 e. The van der Waals surface area contributed by atoms with Gasteiger partial charge in [0.05, 0.1) is 16.9 Å². The van der Waals surface area contributed by atoms with Crippen LogP contribution in [0.5, 0.6) is 0 Å². The van der Waals surface area contributed by atoms with E-state index in [0.29, 0.717) is 22.3 Å². The summed E-state index contributed by atoms with van der Waals surface area (Å²) in [4.78, 5) is 17.6. The minimum atomic E-state index is -0.197. The van der Waals surface area contributed by atoms with E-state index < -0.39 is 0 Å². The first-order valence-corrected chi connectivity index (χ1v) is 10.1. The Morgan fingerprint density at radius 3 is 2.46 bits per heavy atom. The monoisotopic (exact) mass is 386 g/mol. The smallest absolute Gasteiger partial charge is 0.261 e. The standard InChI is InChI=1S/C22H18N4OS/c27-21(24-22-23-19(14-28-22)15-11-12-15)18-13-26(17-9-5-2-6-10-17)25-20(18)16-7-3-1-4-8-16/h1-10,13-15H,11-12H2,(H,23,24,27). The lowest BCUT2D eigenvalue weighted by Gasteiger charge is -2.02. The van der Waals surface area contributed by atoms with Crippen molar-refractivity contribution in [1.82, 2.24) is 14.8 Å². The maximum atomic E-state index is 13.0. The van der Waals surface area contributed by atoms with E-state index in [1.165, 1.54) is 24.2 Å². The molecule has 1 amide bonds. The van der Waals surface area contributed by atoms with E-state index in [9.17, 15) is 4.79 Å². The second kappa shape index (κ2) is 7.05. The van der Waals surface area contributed by atoms with Crippen LogP contribution in [0.4, 0.5) is 5.13 Å². The molecule has 0 atom stereocenters. The predicted octanol–water partition coefficient (Wildman–Crippen LogP) is 5.13. The number of hydrogen-bond acceptors (Lipinski definition) is 4. The number of aromatic nitrogens is 3. The van der Waals surface area contributed by atoms with Gasteiger partial charge in [0.25, 0.3) is 5.91 Å². The van der Waals surface area contributed by atoms with E-state index in [0.717, 1.165) is 16.9 Å². The number of nitrogens with one attached hydrogen (secondary N) is 1. The van der Waals surface area contributed by atoms with Gasteiger partial charge in [-0.25, -0.2) is 9.67 Å². The molecule has 0 saturated heterocycles. The number of anilines is 1. The van der Waals surface area contributed by atoms with Gasteiger partial charge in [-0.1, -0.05) is 48.5 Å². The van der Waals surface area contributed by atoms with Crippen LogP contribution < -0.4 is 5.32 Å². The van der Waals surface area contributed by atoms with Crippen LogP contribution in [0.25, 0.3) is 16.9 Å². The first-order valence-electron chi connectivity index (χ1n) is 9.25. The van der Waals surface area contributed by atoms with Gasteiger partial charge in [-0.15, -0.1) is 11.3 Å². The average molecular weight is 386 g/mol. The highest BCUT2D eigenvalue weighted by Crippen LogP contribution is 2.41. The molecule has 2 aromatic carbocycles. The predicted molar refractivity (Wildman–Crippen MR) is 111 cm³/mol. The second-order valence-corrected chi connectivity index (χ2v) is 7.70. The fraction of sp³-hybridized carbons (Fsp3) is 0.136. The Bertz CT molecular complexity index is 1110. The zero-order valence-electron chi connectivity index (χ0n) is 15.1. The van der Waals surface area contributed by atoms with Gasteiger partial charge in [0.2, 0.25) is 0 Å². The summed E-state index contributed by atoms with van der Waals surface area (Å²) in [6.45, 7) is 0. The van der Waals surface area contributed by atoms with Gasteiger partial charge in [0.1, 0.15) is 5.69 Å². The van der Waals surface area contributed by atoms with E-state index in [1.54, 1.807) is 10.9 Å². The van der Waals surface area contributed by atoms with Crippen molar-refractivity contribution in [2.45, 2.75) is 18.8 Å². The van der Waals surface area contributed by atoms with Crippen molar-refractivity contribution in [3.8, 4) is 16.9 Å². The summed E-state index contributed by atoms with van der Waals surface area (Å²) < 4.78 is 1.74. The molecule has 1 fully saturated rings. The third kappa shape index (κ3) is 3.34. The summed E-state index contributed by atoms with van der Waals surface area (Å²) in [7, 11) is 0. The molecule has 0 spiro atoms. The van der Waals surface area contributed by atoms with E-state index in [-0.39, 0.29) is 5.91 Å². The Balaban J connectivity index is 1.50. The summed E-state index contributed by atoms with van der Waals surface area (Å²) in [6.07, 6.45) is 4.17. The maximum absolute atomic E-state index is 13.0. The molecule has 0 bridgehead atoms. The van der Waals surface area contributed by atoms with Gasteiger partial charge in [0.15, 0.2) is 5.13 Å². The van der Waals surface area contributed by atoms with Crippen molar-refractivity contribution >= 4 is 22.4 Å². The molecule has 0 radical (unpaired) electrons. The molecule has 1 saturated carbocycles. The van der Waals surface area contributed by atoms with Crippen LogP contribution in [0.15, 0.2) is 72.2 Å². The molecule has 5 nitrogen and oxygen atoms in total. The van der Waals surface area contributed by atoms with Crippen molar-refractivity contribution in [1.29, 1.82) is 0 Å². The number of carbonyl (C=O) groups is 1. The summed E-state index contributed by atoms with van der Waals surface area (Å²) in [6, 6.07) is 19.6. The molecule has 138 valence electrons. The number of para-hydroxylation sites is 1. The first-order chi connectivity index (χ1) is 13.8. The fourth-order valence-electron chi connectivity index (χ4n) is 3.14. The molecule has 5 rings (SSSR count). The maximum Gasteiger partial charge on any atom is 0.261 e. The molecule has 2 heterocycles. The van der Waals surface area contributed by atoms with Crippen LogP contribution in [0.1, 0.15) is 34.8 Å². The Morgan fingerprint density at radius 1 is 1.04 bits per heavy atom. The number of hydrogen-bond donors (Lipinski definition) is 1. The molecule has 2 aromatic heterocycles. The molecule has 1 N–H and O–H groups in total. The number of benzene rings is 2. The number of carbonyl (C=O) groups excluding carboxylic acids is 1. The summed E-state index contributed by atoms with van der Waals surface area (Å²) in [5, 5.41) is 10.3. The van der Waals surface area contributed by atoms with Crippen LogP contribution in [-0.2, 0) is 0 Å². The molecule has 0 aliphatic heterocycles. The topological polar surface area (TPSA) is 59.8 Å². The summed E-state index contributed by atoms with van der Waals surface area (Å²) in [5.41, 5.74) is 4.08. The zero-order valence-corrected chi connectivity index (χ0v) is 15.9. The summed E-state index contributed by atoms with van der Waals surface area (Å²) in [5.74, 6) is 0.375. The largest absolute Gasteiger partial charge is 0.298 e. The third-order valence-corrected chi connectivity index (χ3v) is 5.54. The molecule has 4 aromatic rings. The quantitative estimate of drug-likeness (QED) is 0.517. The van der Waals surface area contributed by atoms with Crippen LogP contribution >= 0.6 is 11.3 Å². The van der Waals surface area contributed by atoms with E-state index in [4.69, 9.17) is 5.10 Å². The lowest BCUT2D eigenvalue weighted by molar-refractivity contribution is 0.102. The van der Waals surface area contributed by atoms with Gasteiger partial charge in [-0.2, -0.15) is 5.10 Å². The normalized spacial score (nSPS) is 13.4. The molecular weight excluding hydrogens is 368 g/mol. The number of rotatable bonds is 5. The van der Waals surface area contributed by atoms with Crippen molar-refractivity contribution in [3.05, 3.63) is 83.5 Å². The summed E-state index contributed by atoms with van der Waals surface area (Å²) >= 11 is 1.48. The molecule has 28 heavy (non-hydrogen) atoms. The third-order valence-electron chi connectivity index (χ3n) is 4.76.